The Bertz CT molecular complexity index is 1090. The van der Waals surface area contributed by atoms with Gasteiger partial charge in [-0.15, -0.1) is 0 Å². The lowest BCUT2D eigenvalue weighted by Gasteiger charge is -2.30. The number of rotatable bonds is 14. The minimum absolute atomic E-state index is 0.0190. The number of carbonyl (C=O) groups is 2. The van der Waals surface area contributed by atoms with Gasteiger partial charge in [-0.2, -0.15) is 4.31 Å². The molecule has 0 bridgehead atoms. The first-order valence-electron chi connectivity index (χ1n) is 11.6. The van der Waals surface area contributed by atoms with Crippen LogP contribution in [0, 0.1) is 0 Å². The van der Waals surface area contributed by atoms with Crippen LogP contribution < -0.4 is 15.4 Å². The summed E-state index contributed by atoms with van der Waals surface area (Å²) in [5, 5.41) is 26.3. The molecule has 0 aliphatic rings. The van der Waals surface area contributed by atoms with Crippen molar-refractivity contribution in [3.8, 4) is 5.75 Å². The molecule has 2 amide bonds. The van der Waals surface area contributed by atoms with Gasteiger partial charge < -0.3 is 25.6 Å². The largest absolute Gasteiger partial charge is 0.497 e. The molecule has 0 spiro atoms. The predicted octanol–water partition coefficient (Wildman–Crippen LogP) is 0.681. The molecule has 3 atom stereocenters. The summed E-state index contributed by atoms with van der Waals surface area (Å²) in [5.74, 6) is -0.395. The van der Waals surface area contributed by atoms with Crippen LogP contribution in [0.4, 0.5) is 0 Å². The molecule has 0 saturated heterocycles. The lowest BCUT2D eigenvalue weighted by Crippen LogP contribution is -2.51. The summed E-state index contributed by atoms with van der Waals surface area (Å²) in [7, 11) is -1.22. The monoisotopic (exact) mass is 521 g/mol. The van der Waals surface area contributed by atoms with Gasteiger partial charge in [-0.25, -0.2) is 8.42 Å². The number of sulfonamides is 1. The Balaban J connectivity index is 2.29. The Morgan fingerprint density at radius 1 is 1.00 bits per heavy atom. The van der Waals surface area contributed by atoms with Crippen molar-refractivity contribution in [2.24, 2.45) is 0 Å². The molecule has 36 heavy (non-hydrogen) atoms. The minimum atomic E-state index is -4.12. The molecule has 2 aromatic carbocycles. The van der Waals surface area contributed by atoms with Crippen LogP contribution in [0.25, 0.3) is 0 Å². The fourth-order valence-electron chi connectivity index (χ4n) is 3.59. The van der Waals surface area contributed by atoms with Crippen molar-refractivity contribution in [3.05, 3.63) is 60.2 Å². The molecule has 0 unspecified atom stereocenters. The van der Waals surface area contributed by atoms with Gasteiger partial charge in [0.15, 0.2) is 0 Å². The Hall–Kier alpha value is -2.99. The second kappa shape index (κ2) is 13.9. The summed E-state index contributed by atoms with van der Waals surface area (Å²) in [4.78, 5) is 24.0. The van der Waals surface area contributed by atoms with Gasteiger partial charge in [0.1, 0.15) is 5.75 Å². The molecule has 0 radical (unpaired) electrons. The van der Waals surface area contributed by atoms with E-state index < -0.39 is 34.2 Å². The smallest absolute Gasteiger partial charge is 0.243 e. The van der Waals surface area contributed by atoms with E-state index in [1.807, 2.05) is 30.3 Å². The van der Waals surface area contributed by atoms with E-state index in [2.05, 4.69) is 10.6 Å². The number of hydrogen-bond donors (Lipinski definition) is 4. The van der Waals surface area contributed by atoms with Gasteiger partial charge >= 0.3 is 0 Å². The van der Waals surface area contributed by atoms with E-state index in [9.17, 15) is 28.2 Å². The highest BCUT2D eigenvalue weighted by Gasteiger charge is 2.32. The number of aliphatic hydroxyl groups excluding tert-OH is 2. The van der Waals surface area contributed by atoms with E-state index >= 15 is 0 Å². The number of ether oxygens (including phenoxy) is 1. The number of nitrogens with zero attached hydrogens (tertiary/aromatic N) is 1. The normalized spacial score (nSPS) is 14.1. The molecular weight excluding hydrogens is 486 g/mol. The van der Waals surface area contributed by atoms with Gasteiger partial charge in [-0.05, 0) is 31.0 Å². The fraction of sp³-hybridized carbons (Fsp3) is 0.440. The Kier molecular flexibility index (Phi) is 11.3. The van der Waals surface area contributed by atoms with Crippen LogP contribution in [0.1, 0.15) is 25.3 Å². The highest BCUT2D eigenvalue weighted by Crippen LogP contribution is 2.22. The highest BCUT2D eigenvalue weighted by atomic mass is 32.2. The van der Waals surface area contributed by atoms with Gasteiger partial charge in [0, 0.05) is 39.0 Å². The fourth-order valence-corrected chi connectivity index (χ4v) is 5.17. The number of carbonyl (C=O) groups excluding carboxylic acids is 2. The molecule has 4 N–H and O–H groups in total. The molecular formula is C25H35N3O7S. The summed E-state index contributed by atoms with van der Waals surface area (Å²) < 4.78 is 32.9. The van der Waals surface area contributed by atoms with Crippen LogP contribution in [0.15, 0.2) is 59.5 Å². The molecule has 0 heterocycles. The van der Waals surface area contributed by atoms with E-state index in [0.29, 0.717) is 5.75 Å². The van der Waals surface area contributed by atoms with Gasteiger partial charge in [-0.3, -0.25) is 9.59 Å². The molecule has 0 aromatic heterocycles. The lowest BCUT2D eigenvalue weighted by atomic mass is 10.0. The maximum absolute atomic E-state index is 13.4. The molecule has 2 rings (SSSR count). The van der Waals surface area contributed by atoms with E-state index in [0.717, 1.165) is 9.87 Å². The second-order valence-corrected chi connectivity index (χ2v) is 10.4. The first kappa shape index (κ1) is 29.2. The average molecular weight is 522 g/mol. The van der Waals surface area contributed by atoms with Crippen molar-refractivity contribution in [3.63, 3.8) is 0 Å². The number of amides is 2. The van der Waals surface area contributed by atoms with Crippen molar-refractivity contribution >= 4 is 21.8 Å². The van der Waals surface area contributed by atoms with Crippen LogP contribution in [0.5, 0.6) is 5.75 Å². The summed E-state index contributed by atoms with van der Waals surface area (Å²) in [5.41, 5.74) is 0.825. The van der Waals surface area contributed by atoms with Gasteiger partial charge in [0.25, 0.3) is 0 Å². The maximum Gasteiger partial charge on any atom is 0.243 e. The van der Waals surface area contributed by atoms with E-state index in [-0.39, 0.29) is 43.2 Å². The third kappa shape index (κ3) is 8.90. The van der Waals surface area contributed by atoms with Gasteiger partial charge in [0.05, 0.1) is 30.3 Å². The van der Waals surface area contributed by atoms with E-state index in [4.69, 9.17) is 4.74 Å². The summed E-state index contributed by atoms with van der Waals surface area (Å²) in [6, 6.07) is 14.2. The zero-order chi connectivity index (χ0) is 26.7. The summed E-state index contributed by atoms with van der Waals surface area (Å²) >= 11 is 0. The number of aliphatic hydroxyl groups is 2. The van der Waals surface area contributed by atoms with Gasteiger partial charge in [-0.1, -0.05) is 36.4 Å². The van der Waals surface area contributed by atoms with Crippen molar-refractivity contribution in [2.75, 3.05) is 27.2 Å². The van der Waals surface area contributed by atoms with Crippen molar-refractivity contribution in [2.45, 2.75) is 49.3 Å². The molecule has 10 nitrogen and oxygen atoms in total. The topological polar surface area (TPSA) is 145 Å². The molecule has 11 heteroatoms. The number of nitrogens with one attached hydrogen (secondary N) is 2. The first-order valence-corrected chi connectivity index (χ1v) is 13.0. The molecule has 2 aromatic rings. The minimum Gasteiger partial charge on any atom is -0.497 e. The number of benzene rings is 2. The lowest BCUT2D eigenvalue weighted by molar-refractivity contribution is -0.127. The van der Waals surface area contributed by atoms with Crippen molar-refractivity contribution in [1.82, 2.24) is 14.9 Å². The Morgan fingerprint density at radius 2 is 1.67 bits per heavy atom. The number of methoxy groups -OCH3 is 1. The SMILES string of the molecule is CNC(=O)CCC(=O)N[C@@H](Cc1ccccc1)[C@H](O)CN(C[C@H](C)O)S(=O)(=O)c1cccc(OC)c1. The second-order valence-electron chi connectivity index (χ2n) is 8.45. The molecule has 0 aliphatic heterocycles. The first-order chi connectivity index (χ1) is 17.1. The average Bonchev–Trinajstić information content (AvgIpc) is 2.86. The third-order valence-electron chi connectivity index (χ3n) is 5.50. The van der Waals surface area contributed by atoms with Crippen LogP contribution in [0.3, 0.4) is 0 Å². The van der Waals surface area contributed by atoms with Crippen LogP contribution in [0.2, 0.25) is 0 Å². The van der Waals surface area contributed by atoms with Crippen molar-refractivity contribution < 1.29 is 33.0 Å². The Labute approximate surface area is 212 Å². The molecule has 0 fully saturated rings. The van der Waals surface area contributed by atoms with E-state index in [1.165, 1.54) is 39.3 Å². The standard InChI is InChI=1S/C25H35N3O7S/c1-18(29)16-28(36(33,34)21-11-7-10-20(15-21)35-3)17-23(30)22(14-19-8-5-4-6-9-19)27-25(32)13-12-24(31)26-2/h4-11,15,18,22-23,29-30H,12-14,16-17H2,1-3H3,(H,26,31)(H,27,32)/t18-,22-,23+/m0/s1. The van der Waals surface area contributed by atoms with Crippen LogP contribution >= 0.6 is 0 Å². The summed E-state index contributed by atoms with van der Waals surface area (Å²) in [6.07, 6.45) is -2.19. The molecule has 0 saturated carbocycles. The third-order valence-corrected chi connectivity index (χ3v) is 7.33. The van der Waals surface area contributed by atoms with E-state index in [1.54, 1.807) is 6.07 Å². The molecule has 0 aliphatic carbocycles. The Morgan fingerprint density at radius 3 is 2.28 bits per heavy atom. The quantitative estimate of drug-likeness (QED) is 0.286. The van der Waals surface area contributed by atoms with Gasteiger partial charge in [0.2, 0.25) is 21.8 Å². The van der Waals surface area contributed by atoms with Crippen LogP contribution in [-0.4, -0.2) is 80.2 Å². The summed E-state index contributed by atoms with van der Waals surface area (Å²) in [6.45, 7) is 0.805. The zero-order valence-corrected chi connectivity index (χ0v) is 21.6. The van der Waals surface area contributed by atoms with Crippen LogP contribution in [-0.2, 0) is 26.0 Å². The highest BCUT2D eigenvalue weighted by molar-refractivity contribution is 7.89. The predicted molar refractivity (Wildman–Crippen MR) is 135 cm³/mol. The number of hydrogen-bond acceptors (Lipinski definition) is 7. The zero-order valence-electron chi connectivity index (χ0n) is 20.8. The van der Waals surface area contributed by atoms with Crippen molar-refractivity contribution in [1.29, 1.82) is 0 Å². The molecule has 198 valence electrons. The maximum atomic E-state index is 13.4.